The van der Waals surface area contributed by atoms with E-state index in [-0.39, 0.29) is 11.9 Å². The van der Waals surface area contributed by atoms with Gasteiger partial charge in [0.25, 0.3) is 5.91 Å². The van der Waals surface area contributed by atoms with Crippen molar-refractivity contribution in [1.82, 2.24) is 4.98 Å². The van der Waals surface area contributed by atoms with E-state index in [2.05, 4.69) is 4.98 Å². The molecule has 0 spiro atoms. The van der Waals surface area contributed by atoms with Gasteiger partial charge in [-0.15, -0.1) is 0 Å². The van der Waals surface area contributed by atoms with Crippen molar-refractivity contribution in [3.63, 3.8) is 0 Å². The van der Waals surface area contributed by atoms with E-state index in [1.54, 1.807) is 41.4 Å². The maximum Gasteiger partial charge on any atom is 0.277 e. The molecular weight excluding hydrogens is 260 g/mol. The summed E-state index contributed by atoms with van der Waals surface area (Å²) < 4.78 is 0. The van der Waals surface area contributed by atoms with Crippen LogP contribution in [0.5, 0.6) is 0 Å². The molecule has 0 radical (unpaired) electrons. The van der Waals surface area contributed by atoms with Gasteiger partial charge in [-0.3, -0.25) is 9.78 Å². The number of halogens is 1. The summed E-state index contributed by atoms with van der Waals surface area (Å²) in [5.74, 6) is -0.127. The fraction of sp³-hybridized carbons (Fsp3) is 0.200. The van der Waals surface area contributed by atoms with Crippen molar-refractivity contribution in [2.75, 3.05) is 4.90 Å². The van der Waals surface area contributed by atoms with E-state index in [9.17, 15) is 4.79 Å². The van der Waals surface area contributed by atoms with Crippen LogP contribution in [0.3, 0.4) is 0 Å². The second kappa shape index (κ2) is 5.85. The highest BCUT2D eigenvalue weighted by atomic mass is 35.5. The van der Waals surface area contributed by atoms with Crippen LogP contribution >= 0.6 is 11.6 Å². The molecule has 0 saturated carbocycles. The minimum atomic E-state index is -0.127. The summed E-state index contributed by atoms with van der Waals surface area (Å²) in [6, 6.07) is 12.6. The van der Waals surface area contributed by atoms with Crippen molar-refractivity contribution in [3.8, 4) is 0 Å². The summed E-state index contributed by atoms with van der Waals surface area (Å²) in [4.78, 5) is 18.3. The summed E-state index contributed by atoms with van der Waals surface area (Å²) in [6.07, 6.45) is 1.61. The van der Waals surface area contributed by atoms with Crippen LogP contribution in [0.2, 0.25) is 5.02 Å². The zero-order chi connectivity index (χ0) is 13.8. The highest BCUT2D eigenvalue weighted by Gasteiger charge is 2.21. The SMILES string of the molecule is CC(C)N(C(=O)c1ccccn1)c1cccc(Cl)c1. The van der Waals surface area contributed by atoms with Crippen molar-refractivity contribution in [1.29, 1.82) is 0 Å². The van der Waals surface area contributed by atoms with Gasteiger partial charge in [0.15, 0.2) is 0 Å². The van der Waals surface area contributed by atoms with E-state index in [0.717, 1.165) is 5.69 Å². The number of carbonyl (C=O) groups is 1. The van der Waals surface area contributed by atoms with Crippen LogP contribution in [0.1, 0.15) is 24.3 Å². The highest BCUT2D eigenvalue weighted by Crippen LogP contribution is 2.23. The van der Waals surface area contributed by atoms with Gasteiger partial charge in [-0.1, -0.05) is 23.7 Å². The average Bonchev–Trinajstić information content (AvgIpc) is 2.39. The molecule has 0 aliphatic heterocycles. The Morgan fingerprint density at radius 1 is 1.21 bits per heavy atom. The van der Waals surface area contributed by atoms with Crippen LogP contribution in [-0.2, 0) is 0 Å². The zero-order valence-electron chi connectivity index (χ0n) is 10.9. The lowest BCUT2D eigenvalue weighted by Gasteiger charge is -2.26. The Hall–Kier alpha value is -1.87. The minimum Gasteiger partial charge on any atom is -0.304 e. The third-order valence-corrected chi connectivity index (χ3v) is 2.94. The van der Waals surface area contributed by atoms with Crippen LogP contribution in [0.25, 0.3) is 0 Å². The monoisotopic (exact) mass is 274 g/mol. The molecule has 0 aliphatic rings. The number of nitrogens with zero attached hydrogens (tertiary/aromatic N) is 2. The average molecular weight is 275 g/mol. The number of hydrogen-bond acceptors (Lipinski definition) is 2. The van der Waals surface area contributed by atoms with Crippen LogP contribution in [0, 0.1) is 0 Å². The highest BCUT2D eigenvalue weighted by molar-refractivity contribution is 6.31. The summed E-state index contributed by atoms with van der Waals surface area (Å²) in [5.41, 5.74) is 1.20. The molecule has 0 atom stereocenters. The summed E-state index contributed by atoms with van der Waals surface area (Å²) >= 11 is 5.99. The lowest BCUT2D eigenvalue weighted by Crippen LogP contribution is -2.37. The number of amides is 1. The predicted octanol–water partition coefficient (Wildman–Crippen LogP) is 3.79. The van der Waals surface area contributed by atoms with Gasteiger partial charge in [0.1, 0.15) is 5.69 Å². The van der Waals surface area contributed by atoms with Gasteiger partial charge in [-0.05, 0) is 44.2 Å². The van der Waals surface area contributed by atoms with Crippen LogP contribution < -0.4 is 4.90 Å². The number of carbonyl (C=O) groups excluding carboxylic acids is 1. The Balaban J connectivity index is 2.39. The van der Waals surface area contributed by atoms with E-state index >= 15 is 0 Å². The lowest BCUT2D eigenvalue weighted by atomic mass is 10.2. The van der Waals surface area contributed by atoms with Gasteiger partial charge in [-0.2, -0.15) is 0 Å². The first kappa shape index (κ1) is 13.6. The molecule has 3 nitrogen and oxygen atoms in total. The molecule has 1 heterocycles. The number of benzene rings is 1. The number of pyridine rings is 1. The first-order valence-corrected chi connectivity index (χ1v) is 6.47. The molecule has 0 aliphatic carbocycles. The van der Waals surface area contributed by atoms with Crippen LogP contribution in [0.15, 0.2) is 48.7 Å². The number of anilines is 1. The van der Waals surface area contributed by atoms with Crippen molar-refractivity contribution >= 4 is 23.2 Å². The van der Waals surface area contributed by atoms with Crippen LogP contribution in [-0.4, -0.2) is 16.9 Å². The number of rotatable bonds is 3. The second-order valence-corrected chi connectivity index (χ2v) is 4.90. The normalized spacial score (nSPS) is 10.5. The fourth-order valence-electron chi connectivity index (χ4n) is 1.89. The summed E-state index contributed by atoms with van der Waals surface area (Å²) in [7, 11) is 0. The van der Waals surface area contributed by atoms with Gasteiger partial charge in [0, 0.05) is 22.9 Å². The van der Waals surface area contributed by atoms with Crippen LogP contribution in [0.4, 0.5) is 5.69 Å². The van der Waals surface area contributed by atoms with E-state index in [1.807, 2.05) is 26.0 Å². The van der Waals surface area contributed by atoms with E-state index in [4.69, 9.17) is 11.6 Å². The van der Waals surface area contributed by atoms with Gasteiger partial charge < -0.3 is 4.90 Å². The third-order valence-electron chi connectivity index (χ3n) is 2.71. The predicted molar refractivity (Wildman–Crippen MR) is 77.6 cm³/mol. The van der Waals surface area contributed by atoms with Gasteiger partial charge in [0.05, 0.1) is 0 Å². The Bertz CT molecular complexity index is 569. The van der Waals surface area contributed by atoms with Crippen molar-refractivity contribution in [2.24, 2.45) is 0 Å². The summed E-state index contributed by atoms with van der Waals surface area (Å²) in [6.45, 7) is 3.92. The van der Waals surface area contributed by atoms with E-state index < -0.39 is 0 Å². The van der Waals surface area contributed by atoms with Gasteiger partial charge in [-0.25, -0.2) is 0 Å². The quantitative estimate of drug-likeness (QED) is 0.853. The fourth-order valence-corrected chi connectivity index (χ4v) is 2.07. The zero-order valence-corrected chi connectivity index (χ0v) is 11.6. The molecular formula is C15H15ClN2O. The molecule has 1 aromatic heterocycles. The standard InChI is InChI=1S/C15H15ClN2O/c1-11(2)18(13-7-5-6-12(16)10-13)15(19)14-8-3-4-9-17-14/h3-11H,1-2H3. The topological polar surface area (TPSA) is 33.2 Å². The Morgan fingerprint density at radius 3 is 2.58 bits per heavy atom. The molecule has 0 fully saturated rings. The molecule has 1 amide bonds. The van der Waals surface area contributed by atoms with Gasteiger partial charge in [0.2, 0.25) is 0 Å². The molecule has 98 valence electrons. The molecule has 0 unspecified atom stereocenters. The van der Waals surface area contributed by atoms with Crippen molar-refractivity contribution < 1.29 is 4.79 Å². The molecule has 0 saturated heterocycles. The molecule has 19 heavy (non-hydrogen) atoms. The molecule has 0 N–H and O–H groups in total. The minimum absolute atomic E-state index is 0.0213. The maximum absolute atomic E-state index is 12.5. The smallest absolute Gasteiger partial charge is 0.277 e. The maximum atomic E-state index is 12.5. The van der Waals surface area contributed by atoms with E-state index in [1.165, 1.54) is 0 Å². The lowest BCUT2D eigenvalue weighted by molar-refractivity contribution is 0.0975. The number of hydrogen-bond donors (Lipinski definition) is 0. The molecule has 4 heteroatoms. The van der Waals surface area contributed by atoms with Crippen molar-refractivity contribution in [2.45, 2.75) is 19.9 Å². The number of aromatic nitrogens is 1. The Morgan fingerprint density at radius 2 is 2.00 bits per heavy atom. The first-order chi connectivity index (χ1) is 9.09. The largest absolute Gasteiger partial charge is 0.304 e. The second-order valence-electron chi connectivity index (χ2n) is 4.46. The Kier molecular flexibility index (Phi) is 4.17. The molecule has 0 bridgehead atoms. The van der Waals surface area contributed by atoms with Gasteiger partial charge >= 0.3 is 0 Å². The Labute approximate surface area is 117 Å². The van der Waals surface area contributed by atoms with Crippen molar-refractivity contribution in [3.05, 3.63) is 59.4 Å². The first-order valence-electron chi connectivity index (χ1n) is 6.10. The molecule has 1 aromatic carbocycles. The summed E-state index contributed by atoms with van der Waals surface area (Å²) in [5, 5.41) is 0.608. The third kappa shape index (κ3) is 3.12. The van der Waals surface area contributed by atoms with E-state index in [0.29, 0.717) is 10.7 Å². The molecule has 2 aromatic rings. The molecule has 2 rings (SSSR count).